The third kappa shape index (κ3) is 2.92. The Balaban J connectivity index is 1.76. The molecule has 3 rings (SSSR count). The Labute approximate surface area is 132 Å². The summed E-state index contributed by atoms with van der Waals surface area (Å²) in [4.78, 5) is 25.6. The second kappa shape index (κ2) is 5.79. The fourth-order valence-electron chi connectivity index (χ4n) is 2.81. The maximum atomic E-state index is 12.6. The molecule has 1 atom stereocenters. The van der Waals surface area contributed by atoms with Gasteiger partial charge in [-0.2, -0.15) is 0 Å². The zero-order valence-corrected chi connectivity index (χ0v) is 12.7. The summed E-state index contributed by atoms with van der Waals surface area (Å²) in [6.07, 6.45) is 2.75. The van der Waals surface area contributed by atoms with Crippen LogP contribution in [0.2, 0.25) is 0 Å². The predicted octanol–water partition coefficient (Wildman–Crippen LogP) is 0.989. The second-order valence-corrected chi connectivity index (χ2v) is 6.00. The molecule has 1 saturated heterocycles. The molecule has 1 unspecified atom stereocenters. The van der Waals surface area contributed by atoms with E-state index in [2.05, 4.69) is 15.5 Å². The molecule has 23 heavy (non-hydrogen) atoms. The molecule has 0 radical (unpaired) electrons. The van der Waals surface area contributed by atoms with Gasteiger partial charge in [0.25, 0.3) is 5.91 Å². The van der Waals surface area contributed by atoms with Crippen LogP contribution in [0, 0.1) is 5.41 Å². The number of rotatable bonds is 3. The fourth-order valence-corrected chi connectivity index (χ4v) is 2.81. The van der Waals surface area contributed by atoms with Crippen LogP contribution < -0.4 is 0 Å². The summed E-state index contributed by atoms with van der Waals surface area (Å²) in [7, 11) is 0. The highest BCUT2D eigenvalue weighted by atomic mass is 16.4. The number of nitrogens with zero attached hydrogens (tertiary/aromatic N) is 5. The Morgan fingerprint density at radius 3 is 2.61 bits per heavy atom. The van der Waals surface area contributed by atoms with Gasteiger partial charge >= 0.3 is 5.97 Å². The number of carboxylic acids is 1. The first-order valence-corrected chi connectivity index (χ1v) is 7.36. The number of benzene rings is 1. The summed E-state index contributed by atoms with van der Waals surface area (Å²) in [5, 5.41) is 20.3. The number of likely N-dealkylation sites (tertiary alicyclic amines) is 1. The zero-order chi connectivity index (χ0) is 16.4. The Kier molecular flexibility index (Phi) is 3.81. The molecule has 1 fully saturated rings. The first-order valence-electron chi connectivity index (χ1n) is 7.36. The molecule has 0 saturated carbocycles. The van der Waals surface area contributed by atoms with Crippen LogP contribution in [0.25, 0.3) is 5.69 Å². The van der Waals surface area contributed by atoms with Crippen molar-refractivity contribution in [3.63, 3.8) is 0 Å². The van der Waals surface area contributed by atoms with Gasteiger partial charge in [0.1, 0.15) is 6.33 Å². The van der Waals surface area contributed by atoms with Gasteiger partial charge in [-0.15, -0.1) is 5.10 Å². The third-order valence-electron chi connectivity index (χ3n) is 4.23. The molecular formula is C15H17N5O3. The van der Waals surface area contributed by atoms with E-state index < -0.39 is 11.4 Å². The SMILES string of the molecule is CC1(C(=O)O)CCCN(C(=O)c2ccc(-n3cnnn3)cc2)C1. The number of carbonyl (C=O) groups is 2. The monoisotopic (exact) mass is 315 g/mol. The molecule has 1 aromatic carbocycles. The Hall–Kier alpha value is -2.77. The minimum absolute atomic E-state index is 0.152. The molecule has 1 N–H and O–H groups in total. The van der Waals surface area contributed by atoms with Crippen molar-refractivity contribution in [3.05, 3.63) is 36.2 Å². The summed E-state index contributed by atoms with van der Waals surface area (Å²) in [5.41, 5.74) is 0.400. The predicted molar refractivity (Wildman–Crippen MR) is 80.0 cm³/mol. The van der Waals surface area contributed by atoms with Gasteiger partial charge < -0.3 is 10.0 Å². The Morgan fingerprint density at radius 1 is 1.26 bits per heavy atom. The molecule has 2 aromatic rings. The number of aromatic nitrogens is 4. The topological polar surface area (TPSA) is 101 Å². The molecule has 0 spiro atoms. The third-order valence-corrected chi connectivity index (χ3v) is 4.23. The van der Waals surface area contributed by atoms with E-state index in [1.54, 1.807) is 36.1 Å². The lowest BCUT2D eigenvalue weighted by molar-refractivity contribution is -0.150. The molecule has 1 aliphatic rings. The number of carbonyl (C=O) groups excluding carboxylic acids is 1. The van der Waals surface area contributed by atoms with E-state index >= 15 is 0 Å². The van der Waals surface area contributed by atoms with Crippen molar-refractivity contribution in [2.45, 2.75) is 19.8 Å². The number of hydrogen-bond donors (Lipinski definition) is 1. The highest BCUT2D eigenvalue weighted by Crippen LogP contribution is 2.30. The lowest BCUT2D eigenvalue weighted by atomic mass is 9.82. The molecule has 1 aliphatic heterocycles. The molecule has 2 heterocycles. The molecule has 8 nitrogen and oxygen atoms in total. The summed E-state index contributed by atoms with van der Waals surface area (Å²) >= 11 is 0. The van der Waals surface area contributed by atoms with Gasteiger partial charge in [-0.3, -0.25) is 9.59 Å². The van der Waals surface area contributed by atoms with Crippen molar-refractivity contribution in [3.8, 4) is 5.69 Å². The van der Waals surface area contributed by atoms with Crippen molar-refractivity contribution in [2.24, 2.45) is 5.41 Å². The minimum Gasteiger partial charge on any atom is -0.481 e. The quantitative estimate of drug-likeness (QED) is 0.906. The van der Waals surface area contributed by atoms with Crippen LogP contribution in [-0.4, -0.2) is 55.2 Å². The smallest absolute Gasteiger partial charge is 0.311 e. The molecule has 1 aromatic heterocycles. The van der Waals surface area contributed by atoms with Crippen molar-refractivity contribution < 1.29 is 14.7 Å². The van der Waals surface area contributed by atoms with E-state index in [1.165, 1.54) is 11.0 Å². The first-order chi connectivity index (χ1) is 11.0. The average molecular weight is 315 g/mol. The Bertz CT molecular complexity index is 713. The lowest BCUT2D eigenvalue weighted by Crippen LogP contribution is -2.48. The van der Waals surface area contributed by atoms with Crippen LogP contribution >= 0.6 is 0 Å². The molecule has 1 amide bonds. The van der Waals surface area contributed by atoms with Crippen LogP contribution in [0.15, 0.2) is 30.6 Å². The first kappa shape index (κ1) is 15.1. The number of piperidine rings is 1. The van der Waals surface area contributed by atoms with Crippen LogP contribution in [0.5, 0.6) is 0 Å². The van der Waals surface area contributed by atoms with Crippen molar-refractivity contribution in [1.82, 2.24) is 25.1 Å². The minimum atomic E-state index is -0.875. The van der Waals surface area contributed by atoms with E-state index in [4.69, 9.17) is 0 Å². The van der Waals surface area contributed by atoms with Crippen LogP contribution in [-0.2, 0) is 4.79 Å². The number of aliphatic carboxylic acids is 1. The van der Waals surface area contributed by atoms with Crippen molar-refractivity contribution in [2.75, 3.05) is 13.1 Å². The molecule has 0 aliphatic carbocycles. The largest absolute Gasteiger partial charge is 0.481 e. The van der Waals surface area contributed by atoms with Crippen LogP contribution in [0.4, 0.5) is 0 Å². The van der Waals surface area contributed by atoms with E-state index in [0.29, 0.717) is 24.9 Å². The van der Waals surface area contributed by atoms with Crippen LogP contribution in [0.1, 0.15) is 30.1 Å². The van der Waals surface area contributed by atoms with Gasteiger partial charge in [0, 0.05) is 18.7 Å². The molecule has 0 bridgehead atoms. The zero-order valence-electron chi connectivity index (χ0n) is 12.7. The summed E-state index contributed by atoms with van der Waals surface area (Å²) < 4.78 is 1.50. The lowest BCUT2D eigenvalue weighted by Gasteiger charge is -2.37. The number of amides is 1. The van der Waals surface area contributed by atoms with E-state index in [1.807, 2.05) is 0 Å². The summed E-state index contributed by atoms with van der Waals surface area (Å²) in [6.45, 7) is 2.50. The van der Waals surface area contributed by atoms with E-state index in [9.17, 15) is 14.7 Å². The maximum Gasteiger partial charge on any atom is 0.311 e. The molecule has 120 valence electrons. The van der Waals surface area contributed by atoms with E-state index in [-0.39, 0.29) is 12.5 Å². The normalized spacial score (nSPS) is 21.2. The van der Waals surface area contributed by atoms with Gasteiger partial charge in [0.2, 0.25) is 0 Å². The highest BCUT2D eigenvalue weighted by Gasteiger charge is 2.39. The standard InChI is InChI=1S/C15H17N5O3/c1-15(14(22)23)7-2-8-19(9-15)13(21)11-3-5-12(6-4-11)20-10-16-17-18-20/h3-6,10H,2,7-9H2,1H3,(H,22,23). The van der Waals surface area contributed by atoms with Crippen molar-refractivity contribution in [1.29, 1.82) is 0 Å². The number of carboxylic acid groups (broad SMARTS) is 1. The molecular weight excluding hydrogens is 298 g/mol. The maximum absolute atomic E-state index is 12.6. The highest BCUT2D eigenvalue weighted by molar-refractivity contribution is 5.95. The number of hydrogen-bond acceptors (Lipinski definition) is 5. The molecule has 8 heteroatoms. The van der Waals surface area contributed by atoms with E-state index in [0.717, 1.165) is 5.69 Å². The van der Waals surface area contributed by atoms with Gasteiger partial charge in [-0.25, -0.2) is 4.68 Å². The summed E-state index contributed by atoms with van der Waals surface area (Å²) in [5.74, 6) is -1.01. The summed E-state index contributed by atoms with van der Waals surface area (Å²) in [6, 6.07) is 6.91. The van der Waals surface area contributed by atoms with Crippen LogP contribution in [0.3, 0.4) is 0 Å². The number of tetrazole rings is 1. The van der Waals surface area contributed by atoms with Gasteiger partial charge in [0.15, 0.2) is 0 Å². The Morgan fingerprint density at radius 2 is 2.00 bits per heavy atom. The van der Waals surface area contributed by atoms with Gasteiger partial charge in [0.05, 0.1) is 11.1 Å². The van der Waals surface area contributed by atoms with Crippen molar-refractivity contribution >= 4 is 11.9 Å². The average Bonchev–Trinajstić information content (AvgIpc) is 3.09. The fraction of sp³-hybridized carbons (Fsp3) is 0.400. The second-order valence-electron chi connectivity index (χ2n) is 6.00. The van der Waals surface area contributed by atoms with Gasteiger partial charge in [-0.1, -0.05) is 0 Å². The van der Waals surface area contributed by atoms with Gasteiger partial charge in [-0.05, 0) is 54.5 Å².